The van der Waals surface area contributed by atoms with Crippen LogP contribution in [0, 0.1) is 5.92 Å². The van der Waals surface area contributed by atoms with Crippen molar-refractivity contribution < 1.29 is 4.74 Å². The smallest absolute Gasteiger partial charge is 0.214 e. The second-order valence-corrected chi connectivity index (χ2v) is 7.41. The number of rotatable bonds is 2. The van der Waals surface area contributed by atoms with Gasteiger partial charge < -0.3 is 9.64 Å². The van der Waals surface area contributed by atoms with E-state index in [1.165, 1.54) is 23.9 Å². The van der Waals surface area contributed by atoms with E-state index in [-0.39, 0.29) is 5.60 Å². The SMILES string of the molecule is CC1CCN(c2ccc3nc(OC(C)(C)C)ccc3c2)CC1. The minimum atomic E-state index is -0.217. The van der Waals surface area contributed by atoms with Crippen molar-refractivity contribution in [3.63, 3.8) is 0 Å². The maximum atomic E-state index is 5.85. The van der Waals surface area contributed by atoms with Crippen LogP contribution in [0.4, 0.5) is 5.69 Å². The van der Waals surface area contributed by atoms with Crippen molar-refractivity contribution in [2.24, 2.45) is 5.92 Å². The van der Waals surface area contributed by atoms with Crippen LogP contribution in [0.2, 0.25) is 0 Å². The Kier molecular flexibility index (Phi) is 3.98. The number of nitrogens with zero attached hydrogens (tertiary/aromatic N) is 2. The van der Waals surface area contributed by atoms with Crippen LogP contribution in [0.1, 0.15) is 40.5 Å². The fourth-order valence-corrected chi connectivity index (χ4v) is 2.93. The monoisotopic (exact) mass is 298 g/mol. The zero-order valence-corrected chi connectivity index (χ0v) is 14.1. The number of pyridine rings is 1. The van der Waals surface area contributed by atoms with Crippen molar-refractivity contribution >= 4 is 16.6 Å². The van der Waals surface area contributed by atoms with Crippen LogP contribution >= 0.6 is 0 Å². The highest BCUT2D eigenvalue weighted by Crippen LogP contribution is 2.27. The molecule has 22 heavy (non-hydrogen) atoms. The first-order valence-corrected chi connectivity index (χ1v) is 8.25. The van der Waals surface area contributed by atoms with E-state index in [1.54, 1.807) is 0 Å². The van der Waals surface area contributed by atoms with E-state index in [4.69, 9.17) is 4.74 Å². The van der Waals surface area contributed by atoms with E-state index >= 15 is 0 Å². The Morgan fingerprint density at radius 2 is 1.82 bits per heavy atom. The average Bonchev–Trinajstić information content (AvgIpc) is 2.46. The highest BCUT2D eigenvalue weighted by atomic mass is 16.5. The number of anilines is 1. The molecule has 0 spiro atoms. The maximum absolute atomic E-state index is 5.85. The third-order valence-corrected chi connectivity index (χ3v) is 4.21. The van der Waals surface area contributed by atoms with Gasteiger partial charge in [0.15, 0.2) is 0 Å². The van der Waals surface area contributed by atoms with Gasteiger partial charge in [0.05, 0.1) is 5.52 Å². The lowest BCUT2D eigenvalue weighted by molar-refractivity contribution is 0.124. The summed E-state index contributed by atoms with van der Waals surface area (Å²) in [6.07, 6.45) is 2.57. The number of benzene rings is 1. The van der Waals surface area contributed by atoms with Gasteiger partial charge in [-0.1, -0.05) is 6.92 Å². The Bertz CT molecular complexity index is 652. The Labute approximate surface area is 133 Å². The van der Waals surface area contributed by atoms with E-state index in [1.807, 2.05) is 26.8 Å². The Balaban J connectivity index is 1.83. The molecule has 0 atom stereocenters. The Morgan fingerprint density at radius 3 is 2.50 bits per heavy atom. The van der Waals surface area contributed by atoms with E-state index in [9.17, 15) is 0 Å². The standard InChI is InChI=1S/C19H26N2O/c1-14-9-11-21(12-10-14)16-6-7-17-15(13-16)5-8-18(20-17)22-19(2,3)4/h5-8,13-14H,9-12H2,1-4H3. The quantitative estimate of drug-likeness (QED) is 0.807. The molecule has 1 aromatic heterocycles. The fourth-order valence-electron chi connectivity index (χ4n) is 2.93. The summed E-state index contributed by atoms with van der Waals surface area (Å²) in [4.78, 5) is 7.10. The van der Waals surface area contributed by atoms with Crippen LogP contribution in [-0.2, 0) is 0 Å². The van der Waals surface area contributed by atoms with Crippen molar-refractivity contribution in [1.29, 1.82) is 0 Å². The number of ether oxygens (including phenoxy) is 1. The summed E-state index contributed by atoms with van der Waals surface area (Å²) < 4.78 is 5.85. The van der Waals surface area contributed by atoms with Crippen molar-refractivity contribution in [1.82, 2.24) is 4.98 Å². The molecule has 0 unspecified atom stereocenters. The van der Waals surface area contributed by atoms with Gasteiger partial charge in [0.2, 0.25) is 5.88 Å². The highest BCUT2D eigenvalue weighted by molar-refractivity contribution is 5.83. The van der Waals surface area contributed by atoms with Crippen molar-refractivity contribution in [3.8, 4) is 5.88 Å². The zero-order chi connectivity index (χ0) is 15.7. The molecular formula is C19H26N2O. The summed E-state index contributed by atoms with van der Waals surface area (Å²) in [5, 5.41) is 1.18. The van der Waals surface area contributed by atoms with E-state index in [0.717, 1.165) is 24.5 Å². The number of aromatic nitrogens is 1. The molecule has 3 rings (SSSR count). The van der Waals surface area contributed by atoms with E-state index < -0.39 is 0 Å². The van der Waals surface area contributed by atoms with Crippen LogP contribution in [0.15, 0.2) is 30.3 Å². The molecular weight excluding hydrogens is 272 g/mol. The maximum Gasteiger partial charge on any atom is 0.214 e. The molecule has 3 nitrogen and oxygen atoms in total. The number of hydrogen-bond donors (Lipinski definition) is 0. The lowest BCUT2D eigenvalue weighted by atomic mass is 9.98. The fraction of sp³-hybridized carbons (Fsp3) is 0.526. The molecule has 0 saturated carbocycles. The van der Waals surface area contributed by atoms with E-state index in [0.29, 0.717) is 5.88 Å². The summed E-state index contributed by atoms with van der Waals surface area (Å²) >= 11 is 0. The molecule has 1 aliphatic heterocycles. The summed E-state index contributed by atoms with van der Waals surface area (Å²) in [6.45, 7) is 10.8. The van der Waals surface area contributed by atoms with Crippen molar-refractivity contribution in [2.45, 2.75) is 46.1 Å². The van der Waals surface area contributed by atoms with Gasteiger partial charge in [0, 0.05) is 30.2 Å². The molecule has 2 heterocycles. The van der Waals surface area contributed by atoms with Crippen molar-refractivity contribution in [2.75, 3.05) is 18.0 Å². The molecule has 0 radical (unpaired) electrons. The number of piperidine rings is 1. The Morgan fingerprint density at radius 1 is 1.09 bits per heavy atom. The molecule has 0 amide bonds. The molecule has 2 aromatic rings. The van der Waals surface area contributed by atoms with Crippen LogP contribution in [0.5, 0.6) is 5.88 Å². The predicted molar refractivity (Wildman–Crippen MR) is 92.7 cm³/mol. The summed E-state index contributed by atoms with van der Waals surface area (Å²) in [6, 6.07) is 10.6. The van der Waals surface area contributed by atoms with Crippen LogP contribution in [0.3, 0.4) is 0 Å². The first-order valence-electron chi connectivity index (χ1n) is 8.25. The molecule has 0 N–H and O–H groups in total. The molecule has 1 aliphatic rings. The van der Waals surface area contributed by atoms with Gasteiger partial charge in [-0.05, 0) is 63.8 Å². The third kappa shape index (κ3) is 3.52. The second-order valence-electron chi connectivity index (χ2n) is 7.41. The van der Waals surface area contributed by atoms with Gasteiger partial charge in [0.1, 0.15) is 5.60 Å². The summed E-state index contributed by atoms with van der Waals surface area (Å²) in [5.74, 6) is 1.55. The largest absolute Gasteiger partial charge is 0.472 e. The van der Waals surface area contributed by atoms with Gasteiger partial charge in [-0.15, -0.1) is 0 Å². The third-order valence-electron chi connectivity index (χ3n) is 4.21. The normalized spacial score (nSPS) is 17.0. The van der Waals surface area contributed by atoms with Crippen LogP contribution in [0.25, 0.3) is 10.9 Å². The van der Waals surface area contributed by atoms with Crippen LogP contribution < -0.4 is 9.64 Å². The minimum Gasteiger partial charge on any atom is -0.472 e. The van der Waals surface area contributed by atoms with Crippen LogP contribution in [-0.4, -0.2) is 23.7 Å². The summed E-state index contributed by atoms with van der Waals surface area (Å²) in [7, 11) is 0. The Hall–Kier alpha value is -1.77. The zero-order valence-electron chi connectivity index (χ0n) is 14.1. The van der Waals surface area contributed by atoms with Gasteiger partial charge in [-0.3, -0.25) is 0 Å². The van der Waals surface area contributed by atoms with Crippen molar-refractivity contribution in [3.05, 3.63) is 30.3 Å². The average molecular weight is 298 g/mol. The summed E-state index contributed by atoms with van der Waals surface area (Å²) in [5.41, 5.74) is 2.09. The minimum absolute atomic E-state index is 0.217. The first-order chi connectivity index (χ1) is 10.4. The lowest BCUT2D eigenvalue weighted by Crippen LogP contribution is -2.32. The van der Waals surface area contributed by atoms with Gasteiger partial charge in [-0.25, -0.2) is 4.98 Å². The molecule has 0 aliphatic carbocycles. The second kappa shape index (κ2) is 5.79. The van der Waals surface area contributed by atoms with E-state index in [2.05, 4.69) is 41.1 Å². The number of hydrogen-bond acceptors (Lipinski definition) is 3. The molecule has 118 valence electrons. The van der Waals surface area contributed by atoms with Gasteiger partial charge in [-0.2, -0.15) is 0 Å². The number of fused-ring (bicyclic) bond motifs is 1. The molecule has 1 saturated heterocycles. The molecule has 3 heteroatoms. The first kappa shape index (κ1) is 15.1. The molecule has 1 fully saturated rings. The van der Waals surface area contributed by atoms with Gasteiger partial charge >= 0.3 is 0 Å². The highest BCUT2D eigenvalue weighted by Gasteiger charge is 2.17. The molecule has 0 bridgehead atoms. The van der Waals surface area contributed by atoms with Gasteiger partial charge in [0.25, 0.3) is 0 Å². The predicted octanol–water partition coefficient (Wildman–Crippen LogP) is 4.65. The lowest BCUT2D eigenvalue weighted by Gasteiger charge is -2.32. The molecule has 1 aromatic carbocycles. The topological polar surface area (TPSA) is 25.4 Å².